The van der Waals surface area contributed by atoms with Crippen molar-refractivity contribution in [3.63, 3.8) is 0 Å². The van der Waals surface area contributed by atoms with Crippen LogP contribution in [-0.4, -0.2) is 42.6 Å². The van der Waals surface area contributed by atoms with Crippen molar-refractivity contribution in [1.29, 1.82) is 0 Å². The smallest absolute Gasteiger partial charge is 0.307 e. The maximum atomic E-state index is 11.5. The molecule has 0 bridgehead atoms. The monoisotopic (exact) mass is 221 g/mol. The van der Waals surface area contributed by atoms with Crippen LogP contribution in [0.1, 0.15) is 19.8 Å². The highest BCUT2D eigenvalue weighted by Crippen LogP contribution is 2.19. The van der Waals surface area contributed by atoms with Gasteiger partial charge in [0.15, 0.2) is 0 Å². The highest BCUT2D eigenvalue weighted by Gasteiger charge is 2.30. The Balaban J connectivity index is 2.70. The van der Waals surface area contributed by atoms with E-state index in [1.165, 1.54) is 4.31 Å². The SMILES string of the molecule is CCS(=O)(=O)N1CCC[C@@H](C(=O)O)C1. The highest BCUT2D eigenvalue weighted by molar-refractivity contribution is 7.89. The molecule has 0 aliphatic carbocycles. The Morgan fingerprint density at radius 3 is 2.71 bits per heavy atom. The molecule has 0 spiro atoms. The standard InChI is InChI=1S/C8H15NO4S/c1-2-14(12,13)9-5-3-4-7(6-9)8(10)11/h7H,2-6H2,1H3,(H,10,11)/t7-/m1/s1. The van der Waals surface area contributed by atoms with Gasteiger partial charge in [-0.05, 0) is 19.8 Å². The number of hydrogen-bond donors (Lipinski definition) is 1. The van der Waals surface area contributed by atoms with Gasteiger partial charge in [0.2, 0.25) is 10.0 Å². The first kappa shape index (κ1) is 11.5. The minimum absolute atomic E-state index is 0.0410. The van der Waals surface area contributed by atoms with Gasteiger partial charge in [0.1, 0.15) is 0 Å². The molecular weight excluding hydrogens is 206 g/mol. The Kier molecular flexibility index (Phi) is 3.49. The van der Waals surface area contributed by atoms with Gasteiger partial charge in [-0.3, -0.25) is 4.79 Å². The van der Waals surface area contributed by atoms with E-state index in [9.17, 15) is 13.2 Å². The van der Waals surface area contributed by atoms with Gasteiger partial charge >= 0.3 is 5.97 Å². The Labute approximate surface area is 83.8 Å². The van der Waals surface area contributed by atoms with Crippen LogP contribution < -0.4 is 0 Å². The Hall–Kier alpha value is -0.620. The lowest BCUT2D eigenvalue weighted by molar-refractivity contribution is -0.142. The topological polar surface area (TPSA) is 74.7 Å². The van der Waals surface area contributed by atoms with Gasteiger partial charge in [-0.1, -0.05) is 0 Å². The lowest BCUT2D eigenvalue weighted by Gasteiger charge is -2.29. The van der Waals surface area contributed by atoms with Crippen molar-refractivity contribution in [2.24, 2.45) is 5.92 Å². The molecule has 0 aromatic heterocycles. The predicted octanol–water partition coefficient (Wildman–Crippen LogP) is 0.133. The molecule has 0 aromatic carbocycles. The molecule has 1 N–H and O–H groups in total. The highest BCUT2D eigenvalue weighted by atomic mass is 32.2. The second-order valence-corrected chi connectivity index (χ2v) is 5.69. The van der Waals surface area contributed by atoms with E-state index in [1.54, 1.807) is 6.92 Å². The third-order valence-corrected chi connectivity index (χ3v) is 4.34. The summed E-state index contributed by atoms with van der Waals surface area (Å²) in [6.45, 7) is 2.16. The summed E-state index contributed by atoms with van der Waals surface area (Å²) in [6, 6.07) is 0. The fraction of sp³-hybridized carbons (Fsp3) is 0.875. The summed E-state index contributed by atoms with van der Waals surface area (Å²) in [5, 5.41) is 8.77. The van der Waals surface area contributed by atoms with Crippen molar-refractivity contribution in [1.82, 2.24) is 4.31 Å². The van der Waals surface area contributed by atoms with Crippen molar-refractivity contribution in [2.75, 3.05) is 18.8 Å². The van der Waals surface area contributed by atoms with Crippen LogP contribution in [0, 0.1) is 5.92 Å². The first-order valence-electron chi connectivity index (χ1n) is 4.68. The molecular formula is C8H15NO4S. The maximum absolute atomic E-state index is 11.5. The van der Waals surface area contributed by atoms with E-state index in [0.717, 1.165) is 0 Å². The van der Waals surface area contributed by atoms with Crippen LogP contribution in [0.25, 0.3) is 0 Å². The fourth-order valence-electron chi connectivity index (χ4n) is 1.58. The van der Waals surface area contributed by atoms with Gasteiger partial charge in [-0.25, -0.2) is 12.7 Å². The number of carboxylic acid groups (broad SMARTS) is 1. The summed E-state index contributed by atoms with van der Waals surface area (Å²) in [6.07, 6.45) is 1.21. The molecule has 1 saturated heterocycles. The van der Waals surface area contributed by atoms with Crippen LogP contribution in [0.15, 0.2) is 0 Å². The van der Waals surface area contributed by atoms with E-state index in [1.807, 2.05) is 0 Å². The molecule has 1 atom stereocenters. The Bertz CT molecular complexity index is 311. The number of aliphatic carboxylic acids is 1. The van der Waals surface area contributed by atoms with E-state index in [-0.39, 0.29) is 12.3 Å². The van der Waals surface area contributed by atoms with Crippen LogP contribution in [0.5, 0.6) is 0 Å². The minimum atomic E-state index is -3.22. The minimum Gasteiger partial charge on any atom is -0.481 e. The zero-order valence-electron chi connectivity index (χ0n) is 8.14. The average Bonchev–Trinajstić information content (AvgIpc) is 2.18. The van der Waals surface area contributed by atoms with Crippen LogP contribution in [0.2, 0.25) is 0 Å². The fourth-order valence-corrected chi connectivity index (χ4v) is 2.76. The number of hydrogen-bond acceptors (Lipinski definition) is 3. The molecule has 6 heteroatoms. The summed E-state index contributed by atoms with van der Waals surface area (Å²) >= 11 is 0. The lowest BCUT2D eigenvalue weighted by Crippen LogP contribution is -2.42. The van der Waals surface area contributed by atoms with E-state index >= 15 is 0 Å². The number of sulfonamides is 1. The van der Waals surface area contributed by atoms with Gasteiger partial charge in [-0.2, -0.15) is 0 Å². The zero-order chi connectivity index (χ0) is 10.8. The van der Waals surface area contributed by atoms with E-state index in [4.69, 9.17) is 5.11 Å². The molecule has 14 heavy (non-hydrogen) atoms. The number of carboxylic acids is 1. The number of rotatable bonds is 3. The second kappa shape index (κ2) is 4.27. The molecule has 1 heterocycles. The molecule has 0 radical (unpaired) electrons. The molecule has 0 saturated carbocycles. The van der Waals surface area contributed by atoms with Crippen molar-refractivity contribution in [2.45, 2.75) is 19.8 Å². The summed E-state index contributed by atoms with van der Waals surface area (Å²) in [4.78, 5) is 10.7. The second-order valence-electron chi connectivity index (χ2n) is 3.44. The molecule has 1 aliphatic heterocycles. The van der Waals surface area contributed by atoms with E-state index < -0.39 is 21.9 Å². The van der Waals surface area contributed by atoms with E-state index in [2.05, 4.69) is 0 Å². The average molecular weight is 221 g/mol. The van der Waals surface area contributed by atoms with Gasteiger partial charge in [0.25, 0.3) is 0 Å². The van der Waals surface area contributed by atoms with Crippen molar-refractivity contribution in [3.05, 3.63) is 0 Å². The Morgan fingerprint density at radius 2 is 2.21 bits per heavy atom. The van der Waals surface area contributed by atoms with Gasteiger partial charge in [0, 0.05) is 13.1 Å². The lowest BCUT2D eigenvalue weighted by atomic mass is 10.0. The normalized spacial score (nSPS) is 24.8. The van der Waals surface area contributed by atoms with E-state index in [0.29, 0.717) is 19.4 Å². The van der Waals surface area contributed by atoms with Crippen LogP contribution >= 0.6 is 0 Å². The summed E-state index contributed by atoms with van der Waals surface area (Å²) < 4.78 is 24.2. The summed E-state index contributed by atoms with van der Waals surface area (Å²) in [7, 11) is -3.22. The molecule has 82 valence electrons. The summed E-state index contributed by atoms with van der Waals surface area (Å²) in [5.74, 6) is -1.40. The van der Waals surface area contributed by atoms with Gasteiger partial charge in [0.05, 0.1) is 11.7 Å². The largest absolute Gasteiger partial charge is 0.481 e. The number of piperidine rings is 1. The van der Waals surface area contributed by atoms with Crippen molar-refractivity contribution >= 4 is 16.0 Å². The quantitative estimate of drug-likeness (QED) is 0.735. The van der Waals surface area contributed by atoms with Crippen molar-refractivity contribution < 1.29 is 18.3 Å². The van der Waals surface area contributed by atoms with Crippen LogP contribution in [0.3, 0.4) is 0 Å². The molecule has 5 nitrogen and oxygen atoms in total. The molecule has 0 aromatic rings. The zero-order valence-corrected chi connectivity index (χ0v) is 8.96. The number of carbonyl (C=O) groups is 1. The molecule has 1 rings (SSSR count). The maximum Gasteiger partial charge on any atom is 0.307 e. The Morgan fingerprint density at radius 1 is 1.57 bits per heavy atom. The molecule has 1 aliphatic rings. The molecule has 1 fully saturated rings. The summed E-state index contributed by atoms with van der Waals surface area (Å²) in [5.41, 5.74) is 0. The third kappa shape index (κ3) is 2.45. The first-order valence-corrected chi connectivity index (χ1v) is 6.29. The predicted molar refractivity (Wildman–Crippen MR) is 51.4 cm³/mol. The molecule has 0 amide bonds. The molecule has 0 unspecified atom stereocenters. The van der Waals surface area contributed by atoms with Crippen LogP contribution in [0.4, 0.5) is 0 Å². The van der Waals surface area contributed by atoms with Gasteiger partial charge in [-0.15, -0.1) is 0 Å². The van der Waals surface area contributed by atoms with Crippen molar-refractivity contribution in [3.8, 4) is 0 Å². The third-order valence-electron chi connectivity index (χ3n) is 2.49. The number of nitrogens with zero attached hydrogens (tertiary/aromatic N) is 1. The van der Waals surface area contributed by atoms with Crippen LogP contribution in [-0.2, 0) is 14.8 Å². The first-order chi connectivity index (χ1) is 6.47. The van der Waals surface area contributed by atoms with Gasteiger partial charge < -0.3 is 5.11 Å².